The second-order valence-electron chi connectivity index (χ2n) is 23.2. The van der Waals surface area contributed by atoms with Gasteiger partial charge in [-0.15, -0.1) is 0 Å². The molecular weight excluding hydrogens is 1260 g/mol. The molecule has 28 nitrogen and oxygen atoms in total. The molecule has 6 heterocycles. The number of carboxylic acid groups (broad SMARTS) is 1. The van der Waals surface area contributed by atoms with E-state index >= 15 is 0 Å². The van der Waals surface area contributed by atoms with Gasteiger partial charge in [-0.05, 0) is 89.2 Å². The van der Waals surface area contributed by atoms with Crippen LogP contribution in [0, 0.1) is 0 Å². The van der Waals surface area contributed by atoms with Gasteiger partial charge in [-0.25, -0.2) is 9.59 Å². The van der Waals surface area contributed by atoms with Crippen molar-refractivity contribution < 1.29 is 96.7 Å². The van der Waals surface area contributed by atoms with Crippen LogP contribution in [0.25, 0.3) is 11.1 Å². The summed E-state index contributed by atoms with van der Waals surface area (Å²) in [5.41, 5.74) is 5.58. The minimum Gasteiger partial charge on any atom is -0.497 e. The number of unbranched alkanes of at least 4 members (excludes halogenated alkanes) is 2. The highest BCUT2D eigenvalue weighted by atomic mass is 16.7. The van der Waals surface area contributed by atoms with Gasteiger partial charge in [0.15, 0.2) is 29.1 Å². The van der Waals surface area contributed by atoms with E-state index in [0.717, 1.165) is 27.4 Å². The number of benzene rings is 5. The molecule has 1 saturated heterocycles. The molecule has 5 aromatic carbocycles. The van der Waals surface area contributed by atoms with Gasteiger partial charge in [-0.3, -0.25) is 49.0 Å². The number of anilines is 2. The number of methoxy groups -OCH3 is 3. The molecule has 0 radical (unpaired) electrons. The van der Waals surface area contributed by atoms with Crippen LogP contribution in [0.5, 0.6) is 34.5 Å². The van der Waals surface area contributed by atoms with Crippen LogP contribution in [0.4, 0.5) is 27.5 Å². The van der Waals surface area contributed by atoms with Gasteiger partial charge in [0, 0.05) is 100.0 Å². The van der Waals surface area contributed by atoms with Crippen LogP contribution < -0.4 is 44.4 Å². The van der Waals surface area contributed by atoms with Crippen molar-refractivity contribution in [2.75, 3.05) is 58.3 Å². The van der Waals surface area contributed by atoms with Crippen molar-refractivity contribution >= 4 is 93.8 Å². The van der Waals surface area contributed by atoms with E-state index in [0.29, 0.717) is 95.3 Å². The number of imide groups is 1. The van der Waals surface area contributed by atoms with Gasteiger partial charge in [-0.2, -0.15) is 0 Å². The Morgan fingerprint density at radius 1 is 0.619 bits per heavy atom. The lowest BCUT2D eigenvalue weighted by Crippen LogP contribution is -2.61. The van der Waals surface area contributed by atoms with E-state index in [1.165, 1.54) is 44.6 Å². The summed E-state index contributed by atoms with van der Waals surface area (Å²) >= 11 is 0. The predicted molar refractivity (Wildman–Crippen MR) is 348 cm³/mol. The van der Waals surface area contributed by atoms with Crippen molar-refractivity contribution in [3.63, 3.8) is 0 Å². The summed E-state index contributed by atoms with van der Waals surface area (Å²) in [5.74, 6) is -1.89. The molecule has 6 aliphatic heterocycles. The number of aliphatic hydroxyl groups excluding tert-OH is 3. The third-order valence-electron chi connectivity index (χ3n) is 16.8. The summed E-state index contributed by atoms with van der Waals surface area (Å²) in [5, 5.41) is 49.0. The molecule has 7 N–H and O–H groups in total. The first-order valence-electron chi connectivity index (χ1n) is 31.2. The Hall–Kier alpha value is -10.9. The van der Waals surface area contributed by atoms with Crippen molar-refractivity contribution in [2.24, 2.45) is 9.98 Å². The number of carboxylic acids is 1. The number of amides is 7. The fourth-order valence-corrected chi connectivity index (χ4v) is 11.6. The maximum Gasteiger partial charge on any atom is 0.411 e. The zero-order chi connectivity index (χ0) is 68.4. The first-order chi connectivity index (χ1) is 46.9. The minimum atomic E-state index is -2.00. The third-order valence-corrected chi connectivity index (χ3v) is 16.8. The van der Waals surface area contributed by atoms with Crippen LogP contribution in [0.3, 0.4) is 0 Å². The van der Waals surface area contributed by atoms with E-state index < -0.39 is 54.7 Å². The van der Waals surface area contributed by atoms with Gasteiger partial charge in [0.2, 0.25) is 18.1 Å². The summed E-state index contributed by atoms with van der Waals surface area (Å²) in [6.45, 7) is 0.208. The molecule has 5 aromatic rings. The fourth-order valence-electron chi connectivity index (χ4n) is 11.6. The molecule has 0 spiro atoms. The summed E-state index contributed by atoms with van der Waals surface area (Å²) in [4.78, 5) is 117. The number of nitrogens with one attached hydrogen (secondary N) is 3. The Morgan fingerprint density at radius 2 is 1.25 bits per heavy atom. The molecule has 0 aromatic heterocycles. The lowest BCUT2D eigenvalue weighted by molar-refractivity contribution is -0.271. The lowest BCUT2D eigenvalue weighted by atomic mass is 9.99. The summed E-state index contributed by atoms with van der Waals surface area (Å²) in [6, 6.07) is 24.6. The molecule has 1 fully saturated rings. The topological polar surface area (TPSA) is 362 Å². The van der Waals surface area contributed by atoms with E-state index in [4.69, 9.17) is 47.9 Å². The number of aliphatic imine (C=N–C) groups is 2. The number of carbonyl (C=O) groups is 8. The first kappa shape index (κ1) is 67.5. The van der Waals surface area contributed by atoms with Crippen molar-refractivity contribution in [1.82, 2.24) is 20.0 Å². The number of carbonyl (C=O) groups excluding carboxylic acids is 7. The van der Waals surface area contributed by atoms with Crippen molar-refractivity contribution in [3.05, 3.63) is 143 Å². The molecule has 11 rings (SSSR count). The average molecular weight is 1330 g/mol. The molecule has 0 aliphatic carbocycles. The largest absolute Gasteiger partial charge is 0.497 e. The molecule has 506 valence electrons. The Morgan fingerprint density at radius 3 is 1.86 bits per heavy atom. The van der Waals surface area contributed by atoms with E-state index in [-0.39, 0.29) is 98.3 Å². The van der Waals surface area contributed by atoms with E-state index in [2.05, 4.69) is 16.0 Å². The standard InChI is InChI=1S/C69H70N8O20/c1-90-46-15-13-39(14-16-46)41-27-44-33-71-49-31-55(53(91-2)29-47(49)65(85)76(44)35-41)93-23-8-24-94-56-32-50-48(30-54(56)92-3)66(86)77-36-42(28-45(77)34-72-50)40-9-7-10-43(26-40)73-69(89)95-37-38-12-17-52(96-68-63(84)61(82)62(83)64(97-68)67(87)88)51(25-38)74-58(79)20-21-70-57(78)11-5-4-6-22-75-59(80)18-19-60(75)81/h7,9-10,12-19,25-26,29-36,44-45,61-64,68,82-84H,4-6,8,11,20-24,27-28,37H2,1-3H3,(H,70,78)(H,73,89)(H,74,79)(H,87,88)/t44-,45?,61?,62-,63?,64?,68+/m0/s1. The van der Waals surface area contributed by atoms with Gasteiger partial charge >= 0.3 is 12.1 Å². The molecular formula is C69H70N8O20. The van der Waals surface area contributed by atoms with E-state index in [1.807, 2.05) is 36.5 Å². The van der Waals surface area contributed by atoms with Crippen LogP contribution in [0.2, 0.25) is 0 Å². The number of hydrogen-bond acceptors (Lipinski definition) is 21. The Balaban J connectivity index is 0.671. The van der Waals surface area contributed by atoms with Crippen molar-refractivity contribution in [3.8, 4) is 34.5 Å². The maximum absolute atomic E-state index is 14.3. The van der Waals surface area contributed by atoms with Crippen LogP contribution in [-0.4, -0.2) is 185 Å². The minimum absolute atomic E-state index is 0.0620. The molecule has 7 atom stereocenters. The maximum atomic E-state index is 14.3. The lowest BCUT2D eigenvalue weighted by Gasteiger charge is -2.38. The zero-order valence-corrected chi connectivity index (χ0v) is 52.9. The van der Waals surface area contributed by atoms with Gasteiger partial charge in [0.1, 0.15) is 36.4 Å². The highest BCUT2D eigenvalue weighted by Crippen LogP contribution is 2.43. The molecule has 7 amide bonds. The first-order valence-corrected chi connectivity index (χ1v) is 31.2. The number of rotatable bonds is 27. The SMILES string of the molecule is COc1ccc(C2=CN3C(=O)c4cc(OC)c(OCCCOc5cc6c(cc5OC)C(=O)N5C=C(c7cccc(NC(=O)OCc8ccc(O[C@@H]9OC(C(=O)O)[C@@H](O)C(O)C9O)c(NC(=O)CCNC(=O)CCCCCN9C(=O)C=CC9=O)c8)c7)CC5C=N6)cc4N=C[C@@H]3C2)cc1. The van der Waals surface area contributed by atoms with Crippen LogP contribution in [-0.2, 0) is 40.1 Å². The van der Waals surface area contributed by atoms with E-state index in [9.17, 15) is 58.8 Å². The quantitative estimate of drug-likeness (QED) is 0.0219. The molecule has 97 heavy (non-hydrogen) atoms. The van der Waals surface area contributed by atoms with Crippen LogP contribution >= 0.6 is 0 Å². The van der Waals surface area contributed by atoms with Gasteiger partial charge in [-0.1, -0.05) is 36.8 Å². The van der Waals surface area contributed by atoms with Crippen LogP contribution in [0.15, 0.2) is 126 Å². The van der Waals surface area contributed by atoms with Gasteiger partial charge < -0.3 is 78.8 Å². The Bertz CT molecular complexity index is 4040. The summed E-state index contributed by atoms with van der Waals surface area (Å²) in [7, 11) is 4.59. The zero-order valence-electron chi connectivity index (χ0n) is 52.9. The highest BCUT2D eigenvalue weighted by Gasteiger charge is 2.48. The average Bonchev–Trinajstić information content (AvgIpc) is 1.65. The number of nitrogens with zero attached hydrogens (tertiary/aromatic N) is 5. The fraction of sp³-hybridized carbons (Fsp3) is 0.333. The van der Waals surface area contributed by atoms with Crippen molar-refractivity contribution in [1.29, 1.82) is 0 Å². The number of aliphatic hydroxyl groups is 3. The number of hydrogen-bond donors (Lipinski definition) is 7. The number of aliphatic carboxylic acids is 1. The van der Waals surface area contributed by atoms with Gasteiger partial charge in [0.25, 0.3) is 23.6 Å². The number of fused-ring (bicyclic) bond motifs is 4. The third kappa shape index (κ3) is 15.6. The van der Waals surface area contributed by atoms with Gasteiger partial charge in [0.05, 0.1) is 74.8 Å². The van der Waals surface area contributed by atoms with Crippen molar-refractivity contribution in [2.45, 2.75) is 101 Å². The van der Waals surface area contributed by atoms with E-state index in [1.54, 1.807) is 78.0 Å². The molecule has 4 unspecified atom stereocenters. The summed E-state index contributed by atoms with van der Waals surface area (Å²) < 4.78 is 45.7. The summed E-state index contributed by atoms with van der Waals surface area (Å²) in [6.07, 6.45) is 1.68. The molecule has 0 saturated carbocycles. The predicted octanol–water partition coefficient (Wildman–Crippen LogP) is 6.45. The Kier molecular flexibility index (Phi) is 21.0. The monoisotopic (exact) mass is 1330 g/mol. The second kappa shape index (κ2) is 30.2. The molecule has 0 bridgehead atoms. The smallest absolute Gasteiger partial charge is 0.411 e. The second-order valence-corrected chi connectivity index (χ2v) is 23.2. The normalized spacial score (nSPS) is 20.5. The molecule has 28 heteroatoms. The van der Waals surface area contributed by atoms with Crippen LogP contribution in [0.1, 0.15) is 88.8 Å². The highest BCUT2D eigenvalue weighted by molar-refractivity contribution is 6.13. The molecule has 6 aliphatic rings. The number of ether oxygens (including phenoxy) is 8. The Labute approximate surface area is 555 Å².